The van der Waals surface area contributed by atoms with Crippen LogP contribution in [0.25, 0.3) is 11.1 Å². The number of fused-ring (bicyclic) bond motifs is 1. The van der Waals surface area contributed by atoms with Gasteiger partial charge in [-0.2, -0.15) is 17.6 Å². The quantitative estimate of drug-likeness (QED) is 0.302. The van der Waals surface area contributed by atoms with E-state index in [-0.39, 0.29) is 12.3 Å². The molecule has 3 aromatic carbocycles. The molecule has 3 aromatic rings. The van der Waals surface area contributed by atoms with Gasteiger partial charge >= 0.3 is 18.9 Å². The second kappa shape index (κ2) is 10.7. The third-order valence-electron chi connectivity index (χ3n) is 6.10. The fourth-order valence-electron chi connectivity index (χ4n) is 4.69. The Morgan fingerprint density at radius 3 is 2.24 bits per heavy atom. The monoisotopic (exact) mass is 543 g/mol. The van der Waals surface area contributed by atoms with Gasteiger partial charge in [-0.15, -0.1) is 13.2 Å². The lowest BCUT2D eigenvalue weighted by Crippen LogP contribution is -2.38. The summed E-state index contributed by atoms with van der Waals surface area (Å²) < 4.78 is 98.8. The van der Waals surface area contributed by atoms with E-state index in [1.54, 1.807) is 37.3 Å². The Labute approximate surface area is 214 Å². The Morgan fingerprint density at radius 2 is 1.58 bits per heavy atom. The molecule has 0 radical (unpaired) electrons. The van der Waals surface area contributed by atoms with Crippen molar-refractivity contribution >= 4 is 5.69 Å². The molecule has 4 nitrogen and oxygen atoms in total. The van der Waals surface area contributed by atoms with Gasteiger partial charge in [0.25, 0.3) is 0 Å². The van der Waals surface area contributed by atoms with Crippen molar-refractivity contribution in [3.8, 4) is 22.6 Å². The maximum atomic E-state index is 13.5. The molecule has 0 saturated carbocycles. The molecule has 0 aliphatic carbocycles. The van der Waals surface area contributed by atoms with E-state index in [9.17, 15) is 35.8 Å². The van der Waals surface area contributed by atoms with Gasteiger partial charge in [0.15, 0.2) is 0 Å². The number of hydrogen-bond acceptors (Lipinski definition) is 4. The highest BCUT2D eigenvalue weighted by molar-refractivity contribution is 5.76. The zero-order valence-corrected chi connectivity index (χ0v) is 20.1. The van der Waals surface area contributed by atoms with Crippen molar-refractivity contribution < 1.29 is 45.3 Å². The Hall–Kier alpha value is -3.47. The number of aliphatic hydroxyl groups excluding tert-OH is 1. The van der Waals surface area contributed by atoms with Crippen LogP contribution in [0, 0.1) is 0 Å². The van der Waals surface area contributed by atoms with Crippen LogP contribution in [0.5, 0.6) is 11.5 Å². The third kappa shape index (κ3) is 6.32. The van der Waals surface area contributed by atoms with E-state index in [1.165, 1.54) is 30.3 Å². The van der Waals surface area contributed by atoms with E-state index in [1.807, 2.05) is 4.90 Å². The SMILES string of the molecule is C[C@H](O)CN1c2cccc(-c3cccc(OC(F)(F)F)c3)c2CC[C@H]1c1cccc(OC(F)(F)C(F)F)c1. The Bertz CT molecular complexity index is 1260. The molecule has 0 bridgehead atoms. The number of benzene rings is 3. The van der Waals surface area contributed by atoms with Crippen molar-refractivity contribution in [1.29, 1.82) is 0 Å². The molecule has 2 atom stereocenters. The van der Waals surface area contributed by atoms with Gasteiger partial charge < -0.3 is 19.5 Å². The van der Waals surface area contributed by atoms with E-state index < -0.39 is 36.8 Å². The first-order chi connectivity index (χ1) is 17.8. The zero-order chi connectivity index (χ0) is 27.7. The summed E-state index contributed by atoms with van der Waals surface area (Å²) in [6, 6.07) is 16.0. The molecule has 0 fully saturated rings. The number of hydrogen-bond donors (Lipinski definition) is 1. The minimum absolute atomic E-state index is 0.149. The number of β-amino-alcohol motifs (C(OH)–C–C–N with tert-alkyl or cyclic N) is 1. The molecule has 1 heterocycles. The first kappa shape index (κ1) is 27.6. The number of halogens is 7. The molecule has 204 valence electrons. The second-order valence-electron chi connectivity index (χ2n) is 8.97. The van der Waals surface area contributed by atoms with Gasteiger partial charge in [0.05, 0.1) is 12.1 Å². The van der Waals surface area contributed by atoms with Crippen LogP contribution in [-0.4, -0.2) is 36.7 Å². The average Bonchev–Trinajstić information content (AvgIpc) is 2.82. The van der Waals surface area contributed by atoms with Gasteiger partial charge in [-0.3, -0.25) is 0 Å². The summed E-state index contributed by atoms with van der Waals surface area (Å²) in [4.78, 5) is 1.87. The van der Waals surface area contributed by atoms with E-state index in [0.29, 0.717) is 35.2 Å². The maximum Gasteiger partial charge on any atom is 0.573 e. The van der Waals surface area contributed by atoms with Crippen LogP contribution >= 0.6 is 0 Å². The number of ether oxygens (including phenoxy) is 2. The van der Waals surface area contributed by atoms with Crippen LogP contribution in [0.2, 0.25) is 0 Å². The van der Waals surface area contributed by atoms with Crippen molar-refractivity contribution in [2.45, 2.75) is 50.8 Å². The molecular formula is C27H24F7NO3. The molecule has 0 spiro atoms. The highest BCUT2D eigenvalue weighted by atomic mass is 19.4. The maximum absolute atomic E-state index is 13.5. The van der Waals surface area contributed by atoms with Crippen LogP contribution < -0.4 is 14.4 Å². The van der Waals surface area contributed by atoms with Gasteiger partial charge in [-0.25, -0.2) is 0 Å². The van der Waals surface area contributed by atoms with Crippen LogP contribution in [-0.2, 0) is 6.42 Å². The number of nitrogens with zero attached hydrogens (tertiary/aromatic N) is 1. The summed E-state index contributed by atoms with van der Waals surface area (Å²) in [7, 11) is 0. The lowest BCUT2D eigenvalue weighted by Gasteiger charge is -2.41. The van der Waals surface area contributed by atoms with E-state index in [4.69, 9.17) is 0 Å². The van der Waals surface area contributed by atoms with E-state index in [2.05, 4.69) is 9.47 Å². The van der Waals surface area contributed by atoms with Crippen LogP contribution in [0.4, 0.5) is 36.4 Å². The molecule has 11 heteroatoms. The molecule has 0 unspecified atom stereocenters. The Morgan fingerprint density at radius 1 is 0.921 bits per heavy atom. The number of alkyl halides is 7. The lowest BCUT2D eigenvalue weighted by molar-refractivity contribution is -0.274. The standard InChI is InChI=1S/C27H24F7NO3/c1-16(36)15-35-23(18-6-3-7-19(14-18)37-26(30,31)25(28)29)12-11-22-21(9-4-10-24(22)35)17-5-2-8-20(13-17)38-27(32,33)34/h2-10,13-14,16,23,25,36H,11-12,15H2,1H3/t16-,23-/m0/s1. The fraction of sp³-hybridized carbons (Fsp3) is 0.333. The minimum Gasteiger partial charge on any atom is -0.428 e. The van der Waals surface area contributed by atoms with Crippen molar-refractivity contribution in [2.24, 2.45) is 0 Å². The van der Waals surface area contributed by atoms with E-state index >= 15 is 0 Å². The number of aliphatic hydroxyl groups is 1. The van der Waals surface area contributed by atoms with Gasteiger partial charge in [0.2, 0.25) is 0 Å². The highest BCUT2D eigenvalue weighted by Crippen LogP contribution is 2.44. The summed E-state index contributed by atoms with van der Waals surface area (Å²) in [5.41, 5.74) is 3.22. The lowest BCUT2D eigenvalue weighted by atomic mass is 9.86. The summed E-state index contributed by atoms with van der Waals surface area (Å²) in [5.74, 6) is -0.787. The van der Waals surface area contributed by atoms with Crippen molar-refractivity contribution in [3.05, 3.63) is 77.9 Å². The van der Waals surface area contributed by atoms with Gasteiger partial charge in [-0.1, -0.05) is 36.4 Å². The summed E-state index contributed by atoms with van der Waals surface area (Å²) >= 11 is 0. The predicted molar refractivity (Wildman–Crippen MR) is 127 cm³/mol. The molecule has 0 saturated heterocycles. The fourth-order valence-corrected chi connectivity index (χ4v) is 4.69. The smallest absolute Gasteiger partial charge is 0.428 e. The average molecular weight is 543 g/mol. The molecule has 1 aliphatic heterocycles. The molecule has 1 aliphatic rings. The normalized spacial score (nSPS) is 16.8. The largest absolute Gasteiger partial charge is 0.573 e. The number of anilines is 1. The Kier molecular flexibility index (Phi) is 7.78. The third-order valence-corrected chi connectivity index (χ3v) is 6.10. The van der Waals surface area contributed by atoms with Crippen molar-refractivity contribution in [1.82, 2.24) is 0 Å². The minimum atomic E-state index is -4.84. The van der Waals surface area contributed by atoms with E-state index in [0.717, 1.165) is 11.6 Å². The first-order valence-electron chi connectivity index (χ1n) is 11.7. The predicted octanol–water partition coefficient (Wildman–Crippen LogP) is 7.36. The second-order valence-corrected chi connectivity index (χ2v) is 8.97. The Balaban J connectivity index is 1.71. The van der Waals surface area contributed by atoms with Gasteiger partial charge in [0, 0.05) is 12.2 Å². The molecular weight excluding hydrogens is 519 g/mol. The topological polar surface area (TPSA) is 41.9 Å². The molecule has 1 N–H and O–H groups in total. The van der Waals surface area contributed by atoms with Crippen LogP contribution in [0.1, 0.15) is 30.5 Å². The van der Waals surface area contributed by atoms with Crippen LogP contribution in [0.3, 0.4) is 0 Å². The van der Waals surface area contributed by atoms with Crippen LogP contribution in [0.15, 0.2) is 66.7 Å². The van der Waals surface area contributed by atoms with Crippen molar-refractivity contribution in [2.75, 3.05) is 11.4 Å². The summed E-state index contributed by atoms with van der Waals surface area (Å²) in [6.07, 6.45) is -13.4. The number of rotatable bonds is 8. The summed E-state index contributed by atoms with van der Waals surface area (Å²) in [6.45, 7) is 1.73. The summed E-state index contributed by atoms with van der Waals surface area (Å²) in [5, 5.41) is 10.2. The first-order valence-corrected chi connectivity index (χ1v) is 11.7. The molecule has 0 aromatic heterocycles. The van der Waals surface area contributed by atoms with Crippen molar-refractivity contribution in [3.63, 3.8) is 0 Å². The van der Waals surface area contributed by atoms with Gasteiger partial charge in [-0.05, 0) is 72.4 Å². The zero-order valence-electron chi connectivity index (χ0n) is 20.1. The molecule has 0 amide bonds. The van der Waals surface area contributed by atoms with Gasteiger partial charge in [0.1, 0.15) is 11.5 Å². The molecule has 4 rings (SSSR count). The molecule has 38 heavy (non-hydrogen) atoms. The highest BCUT2D eigenvalue weighted by Gasteiger charge is 2.44.